The number of carbonyl (C=O) groups excluding carboxylic acids is 3. The molecule has 10 nitrogen and oxygen atoms in total. The molecular formula is C64H108O10S2. The molecule has 0 aromatic rings. The third-order valence-electron chi connectivity index (χ3n) is 23.7. The SMILES string of the molecule is CC[C@@](C)(CC[C@@H](C)[C@H]1CC[C@H]2[C@@H]3CC=C4C[C@@](C)(O)CC[C@]4(C)[C@H]3CC[C@]12C)OC(=O)CCC(=O)O.CC[C@](C)(O)CC[C@@H](C)[C@H]1CC[C@H]2[C@@H]3CC=C4C[C@@](C)(O)CC[C@]4(C)[C@H]3CC[C@]12C.O=C1CCC(=O)O1.S.S. The summed E-state index contributed by atoms with van der Waals surface area (Å²) in [6, 6.07) is 0. The van der Waals surface area contributed by atoms with Crippen LogP contribution in [0, 0.1) is 80.8 Å². The van der Waals surface area contributed by atoms with E-state index >= 15 is 0 Å². The van der Waals surface area contributed by atoms with E-state index in [0.717, 1.165) is 106 Å². The molecule has 1 heterocycles. The van der Waals surface area contributed by atoms with Crippen LogP contribution >= 0.6 is 27.0 Å². The molecule has 0 aromatic heterocycles. The topological polar surface area (TPSA) is 168 Å². The van der Waals surface area contributed by atoms with Gasteiger partial charge in [-0.15, -0.1) is 0 Å². The molecule has 1 saturated heterocycles. The summed E-state index contributed by atoms with van der Waals surface area (Å²) in [7, 11) is 0. The number of hydrogen-bond acceptors (Lipinski definition) is 9. The number of allylic oxidation sites excluding steroid dienone is 2. The van der Waals surface area contributed by atoms with E-state index in [1.165, 1.54) is 82.6 Å². The highest BCUT2D eigenvalue weighted by atomic mass is 32.1. The normalized spacial score (nSPS) is 41.2. The third-order valence-corrected chi connectivity index (χ3v) is 23.7. The predicted molar refractivity (Wildman–Crippen MR) is 312 cm³/mol. The average molecular weight is 1100 g/mol. The molecule has 18 atom stereocenters. The third kappa shape index (κ3) is 13.7. The number of aliphatic hydroxyl groups is 3. The Labute approximate surface area is 474 Å². The number of esters is 3. The number of carboxylic acid groups (broad SMARTS) is 1. The van der Waals surface area contributed by atoms with Crippen molar-refractivity contribution >= 4 is 50.9 Å². The van der Waals surface area contributed by atoms with E-state index in [-0.39, 0.29) is 58.1 Å². The number of cyclic esters (lactones) is 2. The van der Waals surface area contributed by atoms with E-state index in [1.54, 1.807) is 5.57 Å². The Morgan fingerprint density at radius 2 is 1.08 bits per heavy atom. The lowest BCUT2D eigenvalue weighted by Crippen LogP contribution is -2.52. The first kappa shape index (κ1) is 65.0. The molecule has 76 heavy (non-hydrogen) atoms. The zero-order valence-electron chi connectivity index (χ0n) is 49.6. The fourth-order valence-electron chi connectivity index (χ4n) is 18.5. The van der Waals surface area contributed by atoms with E-state index in [4.69, 9.17) is 9.84 Å². The molecule has 4 N–H and O–H groups in total. The van der Waals surface area contributed by atoms with Crippen LogP contribution in [0.4, 0.5) is 0 Å². The molecule has 9 aliphatic rings. The van der Waals surface area contributed by atoms with Crippen molar-refractivity contribution in [2.24, 2.45) is 80.8 Å². The Kier molecular flexibility index (Phi) is 21.1. The fraction of sp³-hybridized carbons (Fsp3) is 0.875. The van der Waals surface area contributed by atoms with Gasteiger partial charge in [0.1, 0.15) is 5.60 Å². The summed E-state index contributed by atoms with van der Waals surface area (Å²) in [5.74, 6) is 5.49. The van der Waals surface area contributed by atoms with Gasteiger partial charge >= 0.3 is 23.9 Å². The minimum atomic E-state index is -0.962. The van der Waals surface area contributed by atoms with Crippen molar-refractivity contribution in [2.45, 2.75) is 272 Å². The maximum atomic E-state index is 12.3. The molecule has 1 aliphatic heterocycles. The lowest BCUT2D eigenvalue weighted by molar-refractivity contribution is -0.161. The van der Waals surface area contributed by atoms with Gasteiger partial charge in [-0.3, -0.25) is 19.2 Å². The Bertz CT molecular complexity index is 2100. The van der Waals surface area contributed by atoms with E-state index in [1.807, 2.05) is 27.7 Å². The van der Waals surface area contributed by atoms with Gasteiger partial charge in [-0.25, -0.2) is 0 Å². The highest BCUT2D eigenvalue weighted by Crippen LogP contribution is 2.70. The van der Waals surface area contributed by atoms with Crippen molar-refractivity contribution in [3.63, 3.8) is 0 Å². The minimum Gasteiger partial charge on any atom is -0.481 e. The maximum absolute atomic E-state index is 12.3. The first-order valence-corrected chi connectivity index (χ1v) is 30.2. The van der Waals surface area contributed by atoms with Crippen LogP contribution in [0.1, 0.15) is 250 Å². The standard InChI is InChI=1S/C32H52O5.C28H48O2.C4H4O3.2H2S/c1-7-30(4,37-28(35)13-12-27(33)34)16-14-21(2)24-10-11-25-23-9-8-22-20-29(3,36)18-19-31(22,5)26(23)15-17-32(24,25)6;1-7-25(3,29)14-12-19(2)22-10-11-23-21-9-8-20-18-26(4,30)16-17-27(20,5)24(21)13-15-28(22,23)6;5-3-1-2-4(6)7-3;;/h8,21,23-26,36H,7,9-20H2,1-6H3,(H,33,34);8,19,21-24,29-30H,7,9-18H2,1-6H3;1-2H2;2*1H2/t21-,23+,24-,25+,26+,29+,30+,31+,32-;19-,21+,22-,23+,24+,25+,26+,27+,28-;;;/m11.../s1. The lowest BCUT2D eigenvalue weighted by Gasteiger charge is -2.59. The first-order chi connectivity index (χ1) is 34.4. The Balaban J connectivity index is 0.000000246. The van der Waals surface area contributed by atoms with Gasteiger partial charge in [0.25, 0.3) is 0 Å². The van der Waals surface area contributed by atoms with E-state index in [2.05, 4.69) is 72.3 Å². The minimum absolute atomic E-state index is 0. The molecule has 0 radical (unpaired) electrons. The number of carbonyl (C=O) groups is 4. The van der Waals surface area contributed by atoms with Crippen LogP contribution in [-0.2, 0) is 28.7 Å². The highest BCUT2D eigenvalue weighted by Gasteiger charge is 2.61. The Morgan fingerprint density at radius 3 is 1.46 bits per heavy atom. The quantitative estimate of drug-likeness (QED) is 0.0747. The summed E-state index contributed by atoms with van der Waals surface area (Å²) in [4.78, 5) is 43.1. The number of rotatable bonds is 14. The van der Waals surface area contributed by atoms with Gasteiger partial charge in [0.15, 0.2) is 0 Å². The number of aliphatic carboxylic acids is 1. The van der Waals surface area contributed by atoms with E-state index in [0.29, 0.717) is 34.0 Å². The van der Waals surface area contributed by atoms with Crippen LogP contribution in [0.2, 0.25) is 0 Å². The summed E-state index contributed by atoms with van der Waals surface area (Å²) in [5, 5.41) is 40.8. The van der Waals surface area contributed by atoms with Crippen molar-refractivity contribution in [3.05, 3.63) is 23.3 Å². The Hall–Kier alpha value is -1.86. The highest BCUT2D eigenvalue weighted by molar-refractivity contribution is 7.59. The van der Waals surface area contributed by atoms with Gasteiger partial charge in [-0.05, 0) is 250 Å². The smallest absolute Gasteiger partial charge is 0.314 e. The zero-order valence-corrected chi connectivity index (χ0v) is 51.6. The van der Waals surface area contributed by atoms with Crippen LogP contribution in [0.25, 0.3) is 0 Å². The van der Waals surface area contributed by atoms with E-state index < -0.39 is 46.3 Å². The van der Waals surface area contributed by atoms with Crippen molar-refractivity contribution < 1.29 is 49.1 Å². The molecule has 8 aliphatic carbocycles. The summed E-state index contributed by atoms with van der Waals surface area (Å²) in [6.07, 6.45) is 30.1. The average Bonchev–Trinajstić information content (AvgIpc) is 4.02. The molecule has 0 amide bonds. The number of hydrogen-bond donors (Lipinski definition) is 4. The van der Waals surface area contributed by atoms with Gasteiger partial charge in [-0.1, -0.05) is 78.7 Å². The first-order valence-electron chi connectivity index (χ1n) is 30.2. The van der Waals surface area contributed by atoms with Crippen molar-refractivity contribution in [1.29, 1.82) is 0 Å². The maximum Gasteiger partial charge on any atom is 0.314 e. The van der Waals surface area contributed by atoms with Crippen molar-refractivity contribution in [3.8, 4) is 0 Å². The second-order valence-corrected chi connectivity index (χ2v) is 28.7. The zero-order chi connectivity index (χ0) is 54.5. The molecule has 9 rings (SSSR count). The molecule has 6 saturated carbocycles. The molecule has 12 heteroatoms. The van der Waals surface area contributed by atoms with Crippen molar-refractivity contribution in [2.75, 3.05) is 0 Å². The predicted octanol–water partition coefficient (Wildman–Crippen LogP) is 14.3. The molecule has 436 valence electrons. The van der Waals surface area contributed by atoms with Gasteiger partial charge in [0.2, 0.25) is 0 Å². The monoisotopic (exact) mass is 1100 g/mol. The van der Waals surface area contributed by atoms with Crippen LogP contribution in [0.3, 0.4) is 0 Å². The summed E-state index contributed by atoms with van der Waals surface area (Å²) >= 11 is 0. The molecule has 0 bridgehead atoms. The molecular weight excluding hydrogens is 993 g/mol. The fourth-order valence-corrected chi connectivity index (χ4v) is 18.5. The summed E-state index contributed by atoms with van der Waals surface area (Å²) < 4.78 is 9.89. The van der Waals surface area contributed by atoms with Gasteiger partial charge in [0, 0.05) is 0 Å². The summed E-state index contributed by atoms with van der Waals surface area (Å²) in [6.45, 7) is 27.4. The van der Waals surface area contributed by atoms with Crippen molar-refractivity contribution in [1.82, 2.24) is 0 Å². The van der Waals surface area contributed by atoms with Gasteiger partial charge in [-0.2, -0.15) is 27.0 Å². The lowest BCUT2D eigenvalue weighted by atomic mass is 9.46. The number of fused-ring (bicyclic) bond motifs is 10. The number of carboxylic acids is 1. The van der Waals surface area contributed by atoms with Crippen LogP contribution in [-0.4, -0.2) is 66.7 Å². The van der Waals surface area contributed by atoms with Gasteiger partial charge < -0.3 is 29.9 Å². The largest absolute Gasteiger partial charge is 0.481 e. The van der Waals surface area contributed by atoms with Gasteiger partial charge in [0.05, 0.1) is 42.5 Å². The second-order valence-electron chi connectivity index (χ2n) is 28.7. The summed E-state index contributed by atoms with van der Waals surface area (Å²) in [5.41, 5.74) is 2.53. The molecule has 0 unspecified atom stereocenters. The van der Waals surface area contributed by atoms with Crippen LogP contribution in [0.15, 0.2) is 23.3 Å². The van der Waals surface area contributed by atoms with Crippen LogP contribution < -0.4 is 0 Å². The second kappa shape index (κ2) is 24.7. The molecule has 0 aromatic carbocycles. The van der Waals surface area contributed by atoms with Crippen LogP contribution in [0.5, 0.6) is 0 Å². The Morgan fingerprint density at radius 1 is 0.645 bits per heavy atom. The molecule has 0 spiro atoms. The number of ether oxygens (including phenoxy) is 2. The van der Waals surface area contributed by atoms with E-state index in [9.17, 15) is 34.5 Å². The molecule has 7 fully saturated rings.